The van der Waals surface area contributed by atoms with E-state index in [0.717, 1.165) is 12.1 Å². The molecule has 23 heavy (non-hydrogen) atoms. The Morgan fingerprint density at radius 2 is 1.35 bits per heavy atom. The summed E-state index contributed by atoms with van der Waals surface area (Å²) in [4.78, 5) is 34.4. The number of para-hydroxylation sites is 1. The molecule has 2 rings (SSSR count). The monoisotopic (exact) mass is 351 g/mol. The van der Waals surface area contributed by atoms with Gasteiger partial charge in [0.15, 0.2) is 0 Å². The van der Waals surface area contributed by atoms with Gasteiger partial charge in [-0.15, -0.1) is 0 Å². The van der Waals surface area contributed by atoms with Crippen LogP contribution in [-0.2, 0) is 0 Å². The highest BCUT2D eigenvalue weighted by atomic mass is 35.5. The van der Waals surface area contributed by atoms with Gasteiger partial charge >= 0.3 is 0 Å². The molecule has 0 aromatic heterocycles. The summed E-state index contributed by atoms with van der Waals surface area (Å²) in [5, 5.41) is 24.3. The molecule has 0 heterocycles. The molecular weight excluding hydrogens is 345 g/mol. The minimum absolute atomic E-state index is 0.0324. The minimum atomic E-state index is -1.62. The number of carboxylic acids is 2. The summed E-state index contributed by atoms with van der Waals surface area (Å²) in [6.07, 6.45) is 0. The quantitative estimate of drug-likeness (QED) is 0.882. The second-order valence-corrected chi connectivity index (χ2v) is 5.20. The molecule has 8 heteroatoms. The zero-order chi connectivity index (χ0) is 17.1. The molecule has 0 aliphatic carbocycles. The minimum Gasteiger partial charge on any atom is -0.545 e. The van der Waals surface area contributed by atoms with E-state index in [-0.39, 0.29) is 26.9 Å². The van der Waals surface area contributed by atoms with Gasteiger partial charge in [-0.1, -0.05) is 41.4 Å². The van der Waals surface area contributed by atoms with Gasteiger partial charge in [0.05, 0.1) is 33.2 Å². The lowest BCUT2D eigenvalue weighted by molar-refractivity contribution is -0.256. The van der Waals surface area contributed by atoms with Gasteiger partial charge in [0, 0.05) is 11.1 Å². The van der Waals surface area contributed by atoms with Crippen molar-refractivity contribution in [2.75, 3.05) is 5.32 Å². The van der Waals surface area contributed by atoms with Crippen LogP contribution >= 0.6 is 23.2 Å². The van der Waals surface area contributed by atoms with Gasteiger partial charge < -0.3 is 25.1 Å². The number of halogens is 2. The van der Waals surface area contributed by atoms with Crippen molar-refractivity contribution in [1.82, 2.24) is 0 Å². The molecule has 0 unspecified atom stereocenters. The Balaban J connectivity index is 2.45. The van der Waals surface area contributed by atoms with Gasteiger partial charge in [-0.25, -0.2) is 0 Å². The van der Waals surface area contributed by atoms with Crippen molar-refractivity contribution in [3.63, 3.8) is 0 Å². The molecule has 0 bridgehead atoms. The molecule has 0 atom stereocenters. The van der Waals surface area contributed by atoms with E-state index in [0.29, 0.717) is 0 Å². The largest absolute Gasteiger partial charge is 0.545 e. The van der Waals surface area contributed by atoms with Gasteiger partial charge in [-0.05, 0) is 18.2 Å². The lowest BCUT2D eigenvalue weighted by Gasteiger charge is -2.15. The summed E-state index contributed by atoms with van der Waals surface area (Å²) in [5.74, 6) is -3.99. The SMILES string of the molecule is O=C([O-])c1ccccc1NC(=O)c1cc(Cl)c(Cl)cc1C(=O)[O-]. The number of rotatable bonds is 4. The lowest BCUT2D eigenvalue weighted by Crippen LogP contribution is -2.28. The van der Waals surface area contributed by atoms with Crippen LogP contribution in [0.3, 0.4) is 0 Å². The molecule has 0 radical (unpaired) electrons. The van der Waals surface area contributed by atoms with Crippen molar-refractivity contribution in [3.05, 3.63) is 63.1 Å². The maximum atomic E-state index is 12.3. The first-order chi connectivity index (χ1) is 10.8. The fourth-order valence-corrected chi connectivity index (χ4v) is 2.19. The van der Waals surface area contributed by atoms with E-state index in [4.69, 9.17) is 23.2 Å². The highest BCUT2D eigenvalue weighted by Crippen LogP contribution is 2.27. The highest BCUT2D eigenvalue weighted by Gasteiger charge is 2.16. The molecule has 0 fully saturated rings. The molecular formula is C15H7Cl2NO5-2. The van der Waals surface area contributed by atoms with Crippen molar-refractivity contribution in [1.29, 1.82) is 0 Å². The van der Waals surface area contributed by atoms with Crippen molar-refractivity contribution in [2.24, 2.45) is 0 Å². The summed E-state index contributed by atoms with van der Waals surface area (Å²) in [5.41, 5.74) is -1.08. The normalized spacial score (nSPS) is 10.2. The van der Waals surface area contributed by atoms with E-state index >= 15 is 0 Å². The van der Waals surface area contributed by atoms with Gasteiger partial charge in [0.25, 0.3) is 5.91 Å². The number of carbonyl (C=O) groups is 3. The third kappa shape index (κ3) is 3.61. The molecule has 2 aromatic carbocycles. The second kappa shape index (κ2) is 6.68. The topological polar surface area (TPSA) is 109 Å². The number of hydrogen-bond acceptors (Lipinski definition) is 5. The number of benzene rings is 2. The van der Waals surface area contributed by atoms with E-state index in [1.54, 1.807) is 0 Å². The van der Waals surface area contributed by atoms with Crippen LogP contribution < -0.4 is 15.5 Å². The van der Waals surface area contributed by atoms with Gasteiger partial charge in [-0.3, -0.25) is 4.79 Å². The molecule has 2 aromatic rings. The van der Waals surface area contributed by atoms with Gasteiger partial charge in [0.2, 0.25) is 0 Å². The standard InChI is InChI=1S/C15H9Cl2NO5/c16-10-5-8(9(15(22)23)6-11(10)17)13(19)18-12-4-2-1-3-7(12)14(20)21/h1-6H,(H,18,19)(H,20,21)(H,22,23)/p-2. The zero-order valence-corrected chi connectivity index (χ0v) is 12.8. The first-order valence-corrected chi connectivity index (χ1v) is 6.89. The number of amides is 1. The van der Waals surface area contributed by atoms with Crippen molar-refractivity contribution in [2.45, 2.75) is 0 Å². The fraction of sp³-hybridized carbons (Fsp3) is 0. The summed E-state index contributed by atoms with van der Waals surface area (Å²) in [6, 6.07) is 7.56. The van der Waals surface area contributed by atoms with Crippen LogP contribution in [0.1, 0.15) is 31.1 Å². The maximum absolute atomic E-state index is 12.3. The summed E-state index contributed by atoms with van der Waals surface area (Å²) in [7, 11) is 0. The van der Waals surface area contributed by atoms with E-state index in [9.17, 15) is 24.6 Å². The molecule has 6 nitrogen and oxygen atoms in total. The Bertz CT molecular complexity index is 820. The predicted octanol–water partition coefficient (Wildman–Crippen LogP) is 0.973. The smallest absolute Gasteiger partial charge is 0.256 e. The number of hydrogen-bond donors (Lipinski definition) is 1. The van der Waals surface area contributed by atoms with Crippen LogP contribution in [0.15, 0.2) is 36.4 Å². The highest BCUT2D eigenvalue weighted by molar-refractivity contribution is 6.42. The first kappa shape index (κ1) is 16.8. The number of carboxylic acid groups (broad SMARTS) is 2. The van der Waals surface area contributed by atoms with Crippen LogP contribution in [0.25, 0.3) is 0 Å². The van der Waals surface area contributed by atoms with Gasteiger partial charge in [-0.2, -0.15) is 0 Å². The molecule has 0 spiro atoms. The third-order valence-corrected chi connectivity index (χ3v) is 3.64. The lowest BCUT2D eigenvalue weighted by atomic mass is 10.1. The Labute approximate surface area is 140 Å². The number of aromatic carboxylic acids is 2. The maximum Gasteiger partial charge on any atom is 0.256 e. The Kier molecular flexibility index (Phi) is 4.88. The van der Waals surface area contributed by atoms with Crippen LogP contribution in [0.4, 0.5) is 5.69 Å². The van der Waals surface area contributed by atoms with E-state index in [1.165, 1.54) is 24.3 Å². The molecule has 0 saturated heterocycles. The summed E-state index contributed by atoms with van der Waals surface area (Å²) < 4.78 is 0. The zero-order valence-electron chi connectivity index (χ0n) is 11.3. The first-order valence-electron chi connectivity index (χ1n) is 6.13. The number of anilines is 1. The third-order valence-electron chi connectivity index (χ3n) is 2.92. The van der Waals surface area contributed by atoms with Crippen LogP contribution in [-0.4, -0.2) is 17.8 Å². The fourth-order valence-electron chi connectivity index (χ4n) is 1.86. The molecule has 0 saturated carbocycles. The van der Waals surface area contributed by atoms with Crippen LogP contribution in [0, 0.1) is 0 Å². The Hall–Kier alpha value is -2.57. The average molecular weight is 352 g/mol. The van der Waals surface area contributed by atoms with Crippen molar-refractivity contribution < 1.29 is 24.6 Å². The predicted molar refractivity (Wildman–Crippen MR) is 79.5 cm³/mol. The Morgan fingerprint density at radius 3 is 1.91 bits per heavy atom. The van der Waals surface area contributed by atoms with Crippen molar-refractivity contribution in [3.8, 4) is 0 Å². The molecule has 0 aliphatic rings. The summed E-state index contributed by atoms with van der Waals surface area (Å²) in [6.45, 7) is 0. The molecule has 1 amide bonds. The molecule has 0 aliphatic heterocycles. The number of carbonyl (C=O) groups excluding carboxylic acids is 3. The van der Waals surface area contributed by atoms with E-state index in [1.807, 2.05) is 0 Å². The van der Waals surface area contributed by atoms with E-state index < -0.39 is 23.4 Å². The Morgan fingerprint density at radius 1 is 0.826 bits per heavy atom. The molecule has 1 N–H and O–H groups in total. The van der Waals surface area contributed by atoms with E-state index in [2.05, 4.69) is 5.32 Å². The second-order valence-electron chi connectivity index (χ2n) is 4.39. The molecule has 118 valence electrons. The number of nitrogens with one attached hydrogen (secondary N) is 1. The average Bonchev–Trinajstić information content (AvgIpc) is 2.49. The summed E-state index contributed by atoms with van der Waals surface area (Å²) >= 11 is 11.5. The van der Waals surface area contributed by atoms with Crippen LogP contribution in [0.5, 0.6) is 0 Å². The van der Waals surface area contributed by atoms with Crippen molar-refractivity contribution >= 4 is 46.7 Å². The van der Waals surface area contributed by atoms with Crippen LogP contribution in [0.2, 0.25) is 10.0 Å². The van der Waals surface area contributed by atoms with Gasteiger partial charge in [0.1, 0.15) is 0 Å².